The van der Waals surface area contributed by atoms with Crippen LogP contribution in [0.4, 0.5) is 4.39 Å². The highest BCUT2D eigenvalue weighted by atomic mass is 19.1. The molecule has 1 N–H and O–H groups in total. The minimum Gasteiger partial charge on any atom is -0.378 e. The van der Waals surface area contributed by atoms with Gasteiger partial charge in [0, 0.05) is 12.6 Å². The summed E-state index contributed by atoms with van der Waals surface area (Å²) in [7, 11) is 0. The minimum absolute atomic E-state index is 0.115. The lowest BCUT2D eigenvalue weighted by Gasteiger charge is -2.22. The summed E-state index contributed by atoms with van der Waals surface area (Å²) in [6.45, 7) is 1.84. The molecule has 3 heteroatoms. The Morgan fingerprint density at radius 1 is 1.14 bits per heavy atom. The average Bonchev–Trinajstić information content (AvgIpc) is 2.90. The van der Waals surface area contributed by atoms with Crippen molar-refractivity contribution in [1.29, 1.82) is 0 Å². The van der Waals surface area contributed by atoms with Crippen molar-refractivity contribution in [3.63, 3.8) is 0 Å². The van der Waals surface area contributed by atoms with Crippen molar-refractivity contribution >= 4 is 0 Å². The molecule has 0 saturated heterocycles. The van der Waals surface area contributed by atoms with Gasteiger partial charge in [0.25, 0.3) is 0 Å². The summed E-state index contributed by atoms with van der Waals surface area (Å²) in [6.07, 6.45) is 10.2. The number of fused-ring (bicyclic) bond motifs is 1. The number of ether oxygens (including phenoxy) is 1. The number of nitrogens with one attached hydrogen (secondary N) is 1. The van der Waals surface area contributed by atoms with Crippen LogP contribution in [0.25, 0.3) is 0 Å². The Hall–Kier alpha value is -0.930. The molecule has 116 valence electrons. The summed E-state index contributed by atoms with van der Waals surface area (Å²) < 4.78 is 19.1. The second-order valence-electron chi connectivity index (χ2n) is 6.37. The van der Waals surface area contributed by atoms with Crippen LogP contribution >= 0.6 is 0 Å². The summed E-state index contributed by atoms with van der Waals surface area (Å²) in [5.74, 6) is -0.115. The first-order valence-corrected chi connectivity index (χ1v) is 8.46. The lowest BCUT2D eigenvalue weighted by atomic mass is 9.98. The third-order valence-corrected chi connectivity index (χ3v) is 4.80. The van der Waals surface area contributed by atoms with Crippen LogP contribution < -0.4 is 5.32 Å². The summed E-state index contributed by atoms with van der Waals surface area (Å²) in [6, 6.07) is 5.59. The number of hydrogen-bond acceptors (Lipinski definition) is 2. The van der Waals surface area contributed by atoms with Crippen molar-refractivity contribution in [2.45, 2.75) is 63.5 Å². The van der Waals surface area contributed by atoms with E-state index >= 15 is 0 Å². The fourth-order valence-corrected chi connectivity index (χ4v) is 3.63. The number of rotatable bonds is 6. The van der Waals surface area contributed by atoms with E-state index in [0.717, 1.165) is 32.4 Å². The topological polar surface area (TPSA) is 21.3 Å². The van der Waals surface area contributed by atoms with Gasteiger partial charge in [0.2, 0.25) is 0 Å². The molecule has 2 aliphatic carbocycles. The molecule has 0 bridgehead atoms. The predicted molar refractivity (Wildman–Crippen MR) is 82.9 cm³/mol. The molecule has 1 atom stereocenters. The van der Waals surface area contributed by atoms with E-state index < -0.39 is 0 Å². The van der Waals surface area contributed by atoms with E-state index in [0.29, 0.717) is 12.1 Å². The lowest BCUT2D eigenvalue weighted by molar-refractivity contribution is 0.0271. The minimum atomic E-state index is -0.115. The van der Waals surface area contributed by atoms with Crippen molar-refractivity contribution in [2.75, 3.05) is 13.2 Å². The van der Waals surface area contributed by atoms with Crippen LogP contribution in [-0.2, 0) is 11.2 Å². The average molecular weight is 291 g/mol. The first kappa shape index (κ1) is 15.0. The van der Waals surface area contributed by atoms with Gasteiger partial charge in [-0.15, -0.1) is 0 Å². The van der Waals surface area contributed by atoms with E-state index in [1.165, 1.54) is 43.2 Å². The molecule has 1 saturated carbocycles. The van der Waals surface area contributed by atoms with Crippen molar-refractivity contribution in [2.24, 2.45) is 0 Å². The summed E-state index contributed by atoms with van der Waals surface area (Å²) >= 11 is 0. The van der Waals surface area contributed by atoms with Gasteiger partial charge in [-0.3, -0.25) is 0 Å². The van der Waals surface area contributed by atoms with Gasteiger partial charge in [0.1, 0.15) is 5.82 Å². The van der Waals surface area contributed by atoms with Crippen molar-refractivity contribution < 1.29 is 9.13 Å². The van der Waals surface area contributed by atoms with Gasteiger partial charge < -0.3 is 10.1 Å². The van der Waals surface area contributed by atoms with Crippen molar-refractivity contribution in [3.05, 3.63) is 35.1 Å². The smallest absolute Gasteiger partial charge is 0.123 e. The molecule has 1 fully saturated rings. The number of halogens is 1. The molecule has 1 aromatic carbocycles. The maximum atomic E-state index is 13.2. The molecule has 0 heterocycles. The normalized spacial score (nSPS) is 22.4. The van der Waals surface area contributed by atoms with E-state index in [-0.39, 0.29) is 5.82 Å². The number of benzene rings is 1. The van der Waals surface area contributed by atoms with Gasteiger partial charge >= 0.3 is 0 Å². The van der Waals surface area contributed by atoms with Gasteiger partial charge in [-0.1, -0.05) is 25.3 Å². The van der Waals surface area contributed by atoms with Gasteiger partial charge in [0.15, 0.2) is 0 Å². The fraction of sp³-hybridized carbons (Fsp3) is 0.667. The van der Waals surface area contributed by atoms with Crippen LogP contribution in [0.15, 0.2) is 18.2 Å². The first-order valence-electron chi connectivity index (χ1n) is 8.46. The molecule has 2 aliphatic rings. The Kier molecular flexibility index (Phi) is 5.26. The van der Waals surface area contributed by atoms with E-state index in [1.54, 1.807) is 12.1 Å². The van der Waals surface area contributed by atoms with E-state index in [4.69, 9.17) is 4.74 Å². The Morgan fingerprint density at radius 3 is 2.86 bits per heavy atom. The van der Waals surface area contributed by atoms with Crippen molar-refractivity contribution in [3.8, 4) is 0 Å². The highest BCUT2D eigenvalue weighted by molar-refractivity contribution is 5.34. The van der Waals surface area contributed by atoms with Crippen LogP contribution in [-0.4, -0.2) is 19.3 Å². The van der Waals surface area contributed by atoms with E-state index in [2.05, 4.69) is 5.32 Å². The molecular formula is C18H26FNO. The molecule has 1 unspecified atom stereocenters. The SMILES string of the molecule is Fc1ccc2c(c1)CCC2NCCCOC1CCCCC1. The molecule has 0 amide bonds. The van der Waals surface area contributed by atoms with Gasteiger partial charge in [0.05, 0.1) is 6.10 Å². The molecule has 21 heavy (non-hydrogen) atoms. The molecule has 0 aliphatic heterocycles. The van der Waals surface area contributed by atoms with E-state index in [1.807, 2.05) is 6.07 Å². The highest BCUT2D eigenvalue weighted by Gasteiger charge is 2.22. The molecule has 0 spiro atoms. The zero-order chi connectivity index (χ0) is 14.5. The second-order valence-corrected chi connectivity index (χ2v) is 6.37. The van der Waals surface area contributed by atoms with Crippen LogP contribution in [0.5, 0.6) is 0 Å². The largest absolute Gasteiger partial charge is 0.378 e. The molecule has 1 aromatic rings. The summed E-state index contributed by atoms with van der Waals surface area (Å²) in [4.78, 5) is 0. The third-order valence-electron chi connectivity index (χ3n) is 4.80. The maximum absolute atomic E-state index is 13.2. The van der Waals surface area contributed by atoms with E-state index in [9.17, 15) is 4.39 Å². The standard InChI is InChI=1S/C18H26FNO/c19-15-8-9-17-14(13-15)7-10-18(17)20-11-4-12-21-16-5-2-1-3-6-16/h8-9,13,16,18,20H,1-7,10-12H2. The predicted octanol–water partition coefficient (Wildman–Crippen LogP) is 4.14. The molecule has 3 rings (SSSR count). The summed E-state index contributed by atoms with van der Waals surface area (Å²) in [5, 5.41) is 3.59. The Labute approximate surface area is 127 Å². The van der Waals surface area contributed by atoms with Gasteiger partial charge in [-0.2, -0.15) is 0 Å². The molecule has 0 aromatic heterocycles. The quantitative estimate of drug-likeness (QED) is 0.795. The highest BCUT2D eigenvalue weighted by Crippen LogP contribution is 2.31. The van der Waals surface area contributed by atoms with Crippen LogP contribution in [0.3, 0.4) is 0 Å². The second kappa shape index (κ2) is 7.37. The van der Waals surface area contributed by atoms with Gasteiger partial charge in [-0.05, 0) is 61.9 Å². The Morgan fingerprint density at radius 2 is 2.00 bits per heavy atom. The fourth-order valence-electron chi connectivity index (χ4n) is 3.63. The number of aryl methyl sites for hydroxylation is 1. The molecule has 0 radical (unpaired) electrons. The Bertz CT molecular complexity index is 457. The van der Waals surface area contributed by atoms with Crippen LogP contribution in [0, 0.1) is 5.82 Å². The number of hydrogen-bond donors (Lipinski definition) is 1. The van der Waals surface area contributed by atoms with Crippen LogP contribution in [0.1, 0.15) is 62.1 Å². The van der Waals surface area contributed by atoms with Crippen LogP contribution in [0.2, 0.25) is 0 Å². The third kappa shape index (κ3) is 4.04. The molecular weight excluding hydrogens is 265 g/mol. The monoisotopic (exact) mass is 291 g/mol. The first-order chi connectivity index (χ1) is 10.3. The maximum Gasteiger partial charge on any atom is 0.123 e. The summed E-state index contributed by atoms with van der Waals surface area (Å²) in [5.41, 5.74) is 2.45. The zero-order valence-electron chi connectivity index (χ0n) is 12.7. The zero-order valence-corrected chi connectivity index (χ0v) is 12.7. The molecule has 2 nitrogen and oxygen atoms in total. The Balaban J connectivity index is 1.35. The lowest BCUT2D eigenvalue weighted by Crippen LogP contribution is -2.23. The van der Waals surface area contributed by atoms with Gasteiger partial charge in [-0.25, -0.2) is 4.39 Å². The van der Waals surface area contributed by atoms with Crippen molar-refractivity contribution in [1.82, 2.24) is 5.32 Å².